The number of H-pyrrole nitrogens is 1. The SMILES string of the molecule is Cc1ncc(CN2CCOc3ccc(C4=Cc5ccccc5C4)cc3C2)[nH]1. The van der Waals surface area contributed by atoms with Gasteiger partial charge in [-0.15, -0.1) is 0 Å². The lowest BCUT2D eigenvalue weighted by atomic mass is 10.0. The van der Waals surface area contributed by atoms with Crippen molar-refractivity contribution >= 4 is 11.6 Å². The number of ether oxygens (including phenoxy) is 1. The Hall–Kier alpha value is -2.85. The van der Waals surface area contributed by atoms with Gasteiger partial charge in [-0.1, -0.05) is 36.4 Å². The van der Waals surface area contributed by atoms with Gasteiger partial charge in [0.05, 0.1) is 0 Å². The van der Waals surface area contributed by atoms with E-state index in [-0.39, 0.29) is 0 Å². The highest BCUT2D eigenvalue weighted by atomic mass is 16.5. The normalized spacial score (nSPS) is 16.3. The Labute approximate surface area is 159 Å². The summed E-state index contributed by atoms with van der Waals surface area (Å²) in [5.41, 5.74) is 7.86. The molecule has 2 aliphatic rings. The lowest BCUT2D eigenvalue weighted by molar-refractivity contribution is 0.218. The number of hydrogen-bond acceptors (Lipinski definition) is 3. The van der Waals surface area contributed by atoms with Gasteiger partial charge in [0, 0.05) is 37.1 Å². The summed E-state index contributed by atoms with van der Waals surface area (Å²) >= 11 is 0. The molecule has 0 saturated carbocycles. The monoisotopic (exact) mass is 357 g/mol. The first kappa shape index (κ1) is 16.3. The van der Waals surface area contributed by atoms with Crippen LogP contribution >= 0.6 is 0 Å². The fourth-order valence-corrected chi connectivity index (χ4v) is 4.04. The fourth-order valence-electron chi connectivity index (χ4n) is 4.04. The number of imidazole rings is 1. The Morgan fingerprint density at radius 3 is 2.93 bits per heavy atom. The fraction of sp³-hybridized carbons (Fsp3) is 0.261. The molecule has 4 nitrogen and oxygen atoms in total. The molecular formula is C23H23N3O. The van der Waals surface area contributed by atoms with Crippen molar-refractivity contribution in [3.63, 3.8) is 0 Å². The van der Waals surface area contributed by atoms with Crippen LogP contribution in [0.2, 0.25) is 0 Å². The molecule has 0 fully saturated rings. The largest absolute Gasteiger partial charge is 0.492 e. The minimum absolute atomic E-state index is 0.716. The molecule has 0 radical (unpaired) electrons. The van der Waals surface area contributed by atoms with Gasteiger partial charge >= 0.3 is 0 Å². The number of nitrogens with one attached hydrogen (secondary N) is 1. The molecule has 2 heterocycles. The zero-order chi connectivity index (χ0) is 18.2. The molecule has 0 atom stereocenters. The number of hydrogen-bond donors (Lipinski definition) is 1. The zero-order valence-corrected chi connectivity index (χ0v) is 15.5. The molecule has 0 bridgehead atoms. The van der Waals surface area contributed by atoms with E-state index >= 15 is 0 Å². The molecule has 1 aromatic heterocycles. The Morgan fingerprint density at radius 1 is 1.15 bits per heavy atom. The van der Waals surface area contributed by atoms with Crippen LogP contribution in [0.5, 0.6) is 5.75 Å². The van der Waals surface area contributed by atoms with Gasteiger partial charge in [0.15, 0.2) is 0 Å². The summed E-state index contributed by atoms with van der Waals surface area (Å²) in [6, 6.07) is 15.3. The van der Waals surface area contributed by atoms with Crippen molar-refractivity contribution in [3.05, 3.63) is 82.4 Å². The maximum absolute atomic E-state index is 6.01. The standard InChI is InChI=1S/C23H23N3O/c1-16-24-13-22(25-16)15-26-8-9-27-23-7-6-19(12-21(23)14-26)20-10-17-4-2-3-5-18(17)11-20/h2-7,10,12-13H,8-9,11,14-15H2,1H3,(H,24,25). The Bertz CT molecular complexity index is 1020. The summed E-state index contributed by atoms with van der Waals surface area (Å²) in [4.78, 5) is 10.1. The molecule has 0 saturated heterocycles. The van der Waals surface area contributed by atoms with Gasteiger partial charge < -0.3 is 9.72 Å². The van der Waals surface area contributed by atoms with Gasteiger partial charge in [-0.3, -0.25) is 4.90 Å². The van der Waals surface area contributed by atoms with Crippen LogP contribution in [0.25, 0.3) is 11.6 Å². The first-order valence-corrected chi connectivity index (χ1v) is 9.52. The van der Waals surface area contributed by atoms with Crippen LogP contribution < -0.4 is 4.74 Å². The van der Waals surface area contributed by atoms with Crippen LogP contribution in [0.4, 0.5) is 0 Å². The molecule has 0 unspecified atom stereocenters. The number of nitrogens with zero attached hydrogens (tertiary/aromatic N) is 2. The van der Waals surface area contributed by atoms with Crippen molar-refractivity contribution in [2.75, 3.05) is 13.2 Å². The minimum atomic E-state index is 0.716. The molecule has 4 heteroatoms. The van der Waals surface area contributed by atoms with Crippen LogP contribution in [0, 0.1) is 6.92 Å². The van der Waals surface area contributed by atoms with Crippen LogP contribution in [0.1, 0.15) is 33.8 Å². The van der Waals surface area contributed by atoms with Crippen LogP contribution in [0.3, 0.4) is 0 Å². The number of benzene rings is 2. The van der Waals surface area contributed by atoms with Crippen LogP contribution in [-0.4, -0.2) is 28.0 Å². The molecule has 0 amide bonds. The maximum Gasteiger partial charge on any atom is 0.123 e. The number of allylic oxidation sites excluding steroid dienone is 1. The summed E-state index contributed by atoms with van der Waals surface area (Å²) in [5.74, 6) is 1.98. The van der Waals surface area contributed by atoms with Gasteiger partial charge in [0.25, 0.3) is 0 Å². The molecule has 1 aliphatic carbocycles. The van der Waals surface area contributed by atoms with Gasteiger partial charge in [0.2, 0.25) is 0 Å². The lowest BCUT2D eigenvalue weighted by Crippen LogP contribution is -2.25. The quantitative estimate of drug-likeness (QED) is 0.763. The number of aromatic nitrogens is 2. The third kappa shape index (κ3) is 3.28. The molecule has 1 N–H and O–H groups in total. The van der Waals surface area contributed by atoms with Crippen molar-refractivity contribution in [1.29, 1.82) is 0 Å². The molecule has 0 spiro atoms. The van der Waals surface area contributed by atoms with E-state index in [1.54, 1.807) is 0 Å². The second-order valence-electron chi connectivity index (χ2n) is 7.42. The lowest BCUT2D eigenvalue weighted by Gasteiger charge is -2.18. The van der Waals surface area contributed by atoms with E-state index in [1.165, 1.54) is 27.8 Å². The first-order valence-electron chi connectivity index (χ1n) is 9.52. The summed E-state index contributed by atoms with van der Waals surface area (Å²) < 4.78 is 6.01. The van der Waals surface area contributed by atoms with Crippen molar-refractivity contribution in [2.45, 2.75) is 26.4 Å². The molecule has 2 aromatic carbocycles. The molecule has 27 heavy (non-hydrogen) atoms. The molecular weight excluding hydrogens is 334 g/mol. The van der Waals surface area contributed by atoms with E-state index in [2.05, 4.69) is 63.4 Å². The van der Waals surface area contributed by atoms with Crippen molar-refractivity contribution in [2.24, 2.45) is 0 Å². The van der Waals surface area contributed by atoms with E-state index in [1.807, 2.05) is 13.1 Å². The highest BCUT2D eigenvalue weighted by molar-refractivity contribution is 5.88. The van der Waals surface area contributed by atoms with E-state index < -0.39 is 0 Å². The number of aromatic amines is 1. The maximum atomic E-state index is 6.01. The predicted octanol–water partition coefficient (Wildman–Crippen LogP) is 4.21. The van der Waals surface area contributed by atoms with E-state index in [9.17, 15) is 0 Å². The smallest absolute Gasteiger partial charge is 0.123 e. The third-order valence-electron chi connectivity index (χ3n) is 5.41. The topological polar surface area (TPSA) is 41.2 Å². The highest BCUT2D eigenvalue weighted by Gasteiger charge is 2.19. The van der Waals surface area contributed by atoms with E-state index in [4.69, 9.17) is 4.74 Å². The minimum Gasteiger partial charge on any atom is -0.492 e. The van der Waals surface area contributed by atoms with Crippen molar-refractivity contribution < 1.29 is 4.74 Å². The average Bonchev–Trinajstić information content (AvgIpc) is 3.22. The third-order valence-corrected chi connectivity index (χ3v) is 5.41. The van der Waals surface area contributed by atoms with Gasteiger partial charge in [-0.25, -0.2) is 4.98 Å². The summed E-state index contributed by atoms with van der Waals surface area (Å²) in [6.45, 7) is 5.37. The van der Waals surface area contributed by atoms with Gasteiger partial charge in [-0.05, 0) is 47.7 Å². The Morgan fingerprint density at radius 2 is 2.07 bits per heavy atom. The highest BCUT2D eigenvalue weighted by Crippen LogP contribution is 2.34. The first-order chi connectivity index (χ1) is 13.2. The summed E-state index contributed by atoms with van der Waals surface area (Å²) in [7, 11) is 0. The van der Waals surface area contributed by atoms with Crippen molar-refractivity contribution in [1.82, 2.24) is 14.9 Å². The van der Waals surface area contributed by atoms with E-state index in [0.29, 0.717) is 6.61 Å². The van der Waals surface area contributed by atoms with E-state index in [0.717, 1.165) is 43.3 Å². The molecule has 136 valence electrons. The van der Waals surface area contributed by atoms with Gasteiger partial charge in [0.1, 0.15) is 18.2 Å². The van der Waals surface area contributed by atoms with Crippen LogP contribution in [0.15, 0.2) is 48.7 Å². The second-order valence-corrected chi connectivity index (χ2v) is 7.42. The van der Waals surface area contributed by atoms with Crippen LogP contribution in [-0.2, 0) is 19.5 Å². The number of fused-ring (bicyclic) bond motifs is 2. The Kier molecular flexibility index (Phi) is 4.06. The van der Waals surface area contributed by atoms with Crippen molar-refractivity contribution in [3.8, 4) is 5.75 Å². The predicted molar refractivity (Wildman–Crippen MR) is 107 cm³/mol. The number of rotatable bonds is 3. The summed E-state index contributed by atoms with van der Waals surface area (Å²) in [6.07, 6.45) is 5.26. The Balaban J connectivity index is 1.39. The van der Waals surface area contributed by atoms with Gasteiger partial charge in [-0.2, -0.15) is 0 Å². The molecule has 3 aromatic rings. The second kappa shape index (κ2) is 6.71. The summed E-state index contributed by atoms with van der Waals surface area (Å²) in [5, 5.41) is 0. The average molecular weight is 357 g/mol. The number of aryl methyl sites for hydroxylation is 1. The molecule has 1 aliphatic heterocycles. The molecule has 5 rings (SSSR count). The zero-order valence-electron chi connectivity index (χ0n) is 15.5.